The predicted molar refractivity (Wildman–Crippen MR) is 145 cm³/mol. The van der Waals surface area contributed by atoms with Gasteiger partial charge in [0, 0.05) is 44.3 Å². The number of likely N-dealkylation sites (N-methyl/N-ethyl adjacent to an activating group) is 1. The van der Waals surface area contributed by atoms with Gasteiger partial charge in [-0.25, -0.2) is 4.99 Å². The molecular weight excluding hydrogens is 515 g/mol. The zero-order chi connectivity index (χ0) is 22.5. The average Bonchev–Trinajstić information content (AvgIpc) is 2.76. The van der Waals surface area contributed by atoms with Crippen molar-refractivity contribution in [1.29, 1.82) is 0 Å². The SMILES string of the molecule is CCNC(=NCc1cccc(C(=O)NCCN(C)C)c1)NCCCN1CCCCC1C.I. The summed E-state index contributed by atoms with van der Waals surface area (Å²) in [7, 11) is 3.99. The molecule has 1 aliphatic heterocycles. The fourth-order valence-corrected chi connectivity index (χ4v) is 3.80. The van der Waals surface area contributed by atoms with Gasteiger partial charge < -0.3 is 25.8 Å². The first kappa shape index (κ1) is 28.6. The van der Waals surface area contributed by atoms with E-state index in [9.17, 15) is 4.79 Å². The van der Waals surface area contributed by atoms with Crippen LogP contribution in [0.3, 0.4) is 0 Å². The van der Waals surface area contributed by atoms with E-state index in [-0.39, 0.29) is 29.9 Å². The summed E-state index contributed by atoms with van der Waals surface area (Å²) in [6.07, 6.45) is 5.13. The number of halogens is 1. The fraction of sp³-hybridized carbons (Fsp3) is 0.667. The number of guanidine groups is 1. The molecule has 1 fully saturated rings. The minimum Gasteiger partial charge on any atom is -0.357 e. The molecule has 1 unspecified atom stereocenters. The first-order valence-electron chi connectivity index (χ1n) is 11.8. The first-order chi connectivity index (χ1) is 15.0. The Balaban J connectivity index is 0.00000512. The molecule has 0 saturated carbocycles. The number of hydrogen-bond acceptors (Lipinski definition) is 4. The summed E-state index contributed by atoms with van der Waals surface area (Å²) in [4.78, 5) is 21.7. The maximum Gasteiger partial charge on any atom is 0.251 e. The van der Waals surface area contributed by atoms with Crippen LogP contribution in [0, 0.1) is 0 Å². The van der Waals surface area contributed by atoms with Crippen molar-refractivity contribution < 1.29 is 4.79 Å². The fourth-order valence-electron chi connectivity index (χ4n) is 3.80. The van der Waals surface area contributed by atoms with Gasteiger partial charge in [-0.1, -0.05) is 18.6 Å². The Morgan fingerprint density at radius 3 is 2.72 bits per heavy atom. The van der Waals surface area contributed by atoms with Crippen molar-refractivity contribution in [2.75, 3.05) is 53.4 Å². The molecule has 1 atom stereocenters. The van der Waals surface area contributed by atoms with E-state index in [4.69, 9.17) is 4.99 Å². The summed E-state index contributed by atoms with van der Waals surface area (Å²) in [5, 5.41) is 9.73. The zero-order valence-electron chi connectivity index (χ0n) is 20.3. The third kappa shape index (κ3) is 11.0. The summed E-state index contributed by atoms with van der Waals surface area (Å²) in [5.41, 5.74) is 1.71. The smallest absolute Gasteiger partial charge is 0.251 e. The number of likely N-dealkylation sites (tertiary alicyclic amines) is 1. The van der Waals surface area contributed by atoms with E-state index in [2.05, 4.69) is 34.7 Å². The van der Waals surface area contributed by atoms with Crippen LogP contribution in [0.15, 0.2) is 29.3 Å². The van der Waals surface area contributed by atoms with Crippen LogP contribution in [-0.2, 0) is 6.54 Å². The highest BCUT2D eigenvalue weighted by Gasteiger charge is 2.17. The van der Waals surface area contributed by atoms with Gasteiger partial charge in [-0.3, -0.25) is 4.79 Å². The lowest BCUT2D eigenvalue weighted by atomic mass is 10.0. The quantitative estimate of drug-likeness (QED) is 0.169. The molecule has 0 radical (unpaired) electrons. The molecule has 0 bridgehead atoms. The first-order valence-corrected chi connectivity index (χ1v) is 11.8. The van der Waals surface area contributed by atoms with Crippen LogP contribution in [-0.4, -0.2) is 81.1 Å². The molecule has 1 amide bonds. The van der Waals surface area contributed by atoms with Crippen LogP contribution in [0.4, 0.5) is 0 Å². The van der Waals surface area contributed by atoms with E-state index in [1.807, 2.05) is 43.3 Å². The minimum atomic E-state index is -0.0374. The summed E-state index contributed by atoms with van der Waals surface area (Å²) in [6, 6.07) is 8.43. The Morgan fingerprint density at radius 2 is 2.00 bits per heavy atom. The Hall–Kier alpha value is -1.39. The second-order valence-corrected chi connectivity index (χ2v) is 8.62. The Morgan fingerprint density at radius 1 is 1.19 bits per heavy atom. The van der Waals surface area contributed by atoms with Gasteiger partial charge in [0.1, 0.15) is 0 Å². The van der Waals surface area contributed by atoms with Gasteiger partial charge in [0.25, 0.3) is 5.91 Å². The number of hydrogen-bond donors (Lipinski definition) is 3. The number of nitrogens with one attached hydrogen (secondary N) is 3. The van der Waals surface area contributed by atoms with Crippen LogP contribution in [0.2, 0.25) is 0 Å². The van der Waals surface area contributed by atoms with Crippen molar-refractivity contribution in [2.24, 2.45) is 4.99 Å². The molecule has 1 heterocycles. The minimum absolute atomic E-state index is 0. The van der Waals surface area contributed by atoms with Gasteiger partial charge in [0.2, 0.25) is 0 Å². The highest BCUT2D eigenvalue weighted by molar-refractivity contribution is 14.0. The number of nitrogens with zero attached hydrogens (tertiary/aromatic N) is 3. The van der Waals surface area contributed by atoms with E-state index >= 15 is 0 Å². The number of carbonyl (C=O) groups excluding carboxylic acids is 1. The van der Waals surface area contributed by atoms with Crippen molar-refractivity contribution in [3.05, 3.63) is 35.4 Å². The lowest BCUT2D eigenvalue weighted by molar-refractivity contribution is 0.0951. The molecule has 1 aliphatic rings. The van der Waals surface area contributed by atoms with Gasteiger partial charge in [0.15, 0.2) is 5.96 Å². The monoisotopic (exact) mass is 558 g/mol. The zero-order valence-corrected chi connectivity index (χ0v) is 22.7. The number of benzene rings is 1. The lowest BCUT2D eigenvalue weighted by Gasteiger charge is -2.33. The van der Waals surface area contributed by atoms with Crippen molar-refractivity contribution in [3.8, 4) is 0 Å². The van der Waals surface area contributed by atoms with E-state index in [0.29, 0.717) is 24.7 Å². The summed E-state index contributed by atoms with van der Waals surface area (Å²) < 4.78 is 0. The van der Waals surface area contributed by atoms with Crippen molar-refractivity contribution >= 4 is 35.8 Å². The van der Waals surface area contributed by atoms with E-state index < -0.39 is 0 Å². The second-order valence-electron chi connectivity index (χ2n) is 8.62. The number of piperidine rings is 1. The van der Waals surface area contributed by atoms with Gasteiger partial charge >= 0.3 is 0 Å². The molecule has 7 nitrogen and oxygen atoms in total. The van der Waals surface area contributed by atoms with Crippen LogP contribution >= 0.6 is 24.0 Å². The molecule has 0 spiro atoms. The van der Waals surface area contributed by atoms with Crippen LogP contribution < -0.4 is 16.0 Å². The topological polar surface area (TPSA) is 72.0 Å². The molecule has 1 saturated heterocycles. The van der Waals surface area contributed by atoms with E-state index in [1.165, 1.54) is 25.8 Å². The molecule has 2 rings (SSSR count). The van der Waals surface area contributed by atoms with Crippen LogP contribution in [0.5, 0.6) is 0 Å². The normalized spacial score (nSPS) is 17.0. The Bertz CT molecular complexity index is 697. The van der Waals surface area contributed by atoms with Crippen LogP contribution in [0.1, 0.15) is 55.5 Å². The molecule has 8 heteroatoms. The van der Waals surface area contributed by atoms with Gasteiger partial charge in [-0.2, -0.15) is 0 Å². The molecule has 32 heavy (non-hydrogen) atoms. The summed E-state index contributed by atoms with van der Waals surface area (Å²) in [6.45, 7) is 10.5. The Labute approximate surface area is 211 Å². The number of rotatable bonds is 11. The van der Waals surface area contributed by atoms with Crippen molar-refractivity contribution in [2.45, 2.75) is 52.1 Å². The maximum absolute atomic E-state index is 12.4. The third-order valence-corrected chi connectivity index (χ3v) is 5.65. The number of carbonyl (C=O) groups is 1. The van der Waals surface area contributed by atoms with Crippen LogP contribution in [0.25, 0.3) is 0 Å². The van der Waals surface area contributed by atoms with Crippen molar-refractivity contribution in [3.63, 3.8) is 0 Å². The van der Waals surface area contributed by atoms with E-state index in [1.54, 1.807) is 0 Å². The highest BCUT2D eigenvalue weighted by Crippen LogP contribution is 2.16. The summed E-state index contributed by atoms with van der Waals surface area (Å²) in [5.74, 6) is 0.791. The third-order valence-electron chi connectivity index (χ3n) is 5.65. The lowest BCUT2D eigenvalue weighted by Crippen LogP contribution is -2.41. The molecule has 182 valence electrons. The predicted octanol–water partition coefficient (Wildman–Crippen LogP) is 2.92. The Kier molecular flexibility index (Phi) is 14.6. The van der Waals surface area contributed by atoms with Gasteiger partial charge in [-0.05, 0) is 71.4 Å². The molecule has 0 aliphatic carbocycles. The average molecular weight is 559 g/mol. The number of amides is 1. The van der Waals surface area contributed by atoms with E-state index in [0.717, 1.165) is 44.1 Å². The van der Waals surface area contributed by atoms with Gasteiger partial charge in [-0.15, -0.1) is 24.0 Å². The molecule has 1 aromatic rings. The molecule has 0 aromatic heterocycles. The number of aliphatic imine (C=N–C) groups is 1. The molecular formula is C24H43IN6O. The van der Waals surface area contributed by atoms with Gasteiger partial charge in [0.05, 0.1) is 6.54 Å². The highest BCUT2D eigenvalue weighted by atomic mass is 127. The summed E-state index contributed by atoms with van der Waals surface area (Å²) >= 11 is 0. The second kappa shape index (κ2) is 16.3. The van der Waals surface area contributed by atoms with Crippen molar-refractivity contribution in [1.82, 2.24) is 25.8 Å². The largest absolute Gasteiger partial charge is 0.357 e. The molecule has 1 aromatic carbocycles. The maximum atomic E-state index is 12.4. The standard InChI is InChI=1S/C24H42N6O.HI/c1-5-25-24(27-13-9-16-30-15-7-6-10-20(30)2)28-19-21-11-8-12-22(18-21)23(31)26-14-17-29(3)4;/h8,11-12,18,20H,5-7,9-10,13-17,19H2,1-4H3,(H,26,31)(H2,25,27,28);1H. The molecule has 3 N–H and O–H groups in total.